The summed E-state index contributed by atoms with van der Waals surface area (Å²) in [7, 11) is 1.98. The molecule has 0 spiro atoms. The molecule has 0 saturated carbocycles. The summed E-state index contributed by atoms with van der Waals surface area (Å²) in [6.07, 6.45) is 1.22. The summed E-state index contributed by atoms with van der Waals surface area (Å²) in [5.74, 6) is -0.585. The third-order valence-electron chi connectivity index (χ3n) is 4.49. The highest BCUT2D eigenvalue weighted by molar-refractivity contribution is 6.10. The maximum absolute atomic E-state index is 12.7. The Morgan fingerprint density at radius 2 is 1.86 bits per heavy atom. The molecule has 1 fully saturated rings. The van der Waals surface area contributed by atoms with Crippen molar-refractivity contribution in [2.75, 3.05) is 20.1 Å². The minimum absolute atomic E-state index is 0.196. The van der Waals surface area contributed by atoms with Gasteiger partial charge >= 0.3 is 0 Å². The average molecular weight is 283 g/mol. The van der Waals surface area contributed by atoms with E-state index in [0.717, 1.165) is 5.56 Å². The Hall–Kier alpha value is -2.19. The maximum atomic E-state index is 12.7. The fourth-order valence-corrected chi connectivity index (χ4v) is 3.17. The summed E-state index contributed by atoms with van der Waals surface area (Å²) in [4.78, 5) is 28.5. The fraction of sp³-hybridized carbons (Fsp3) is 0.438. The first-order valence-corrected chi connectivity index (χ1v) is 7.12. The lowest BCUT2D eigenvalue weighted by Crippen LogP contribution is -2.60. The van der Waals surface area contributed by atoms with Gasteiger partial charge in [0.15, 0.2) is 0 Å². The van der Waals surface area contributed by atoms with Crippen LogP contribution in [0.15, 0.2) is 24.3 Å². The molecule has 21 heavy (non-hydrogen) atoms. The minimum atomic E-state index is -0.992. The van der Waals surface area contributed by atoms with Gasteiger partial charge in [0, 0.05) is 18.7 Å². The smallest absolute Gasteiger partial charge is 0.262 e. The maximum Gasteiger partial charge on any atom is 0.262 e. The van der Waals surface area contributed by atoms with Gasteiger partial charge in [-0.05, 0) is 31.5 Å². The third kappa shape index (κ3) is 2.12. The lowest BCUT2D eigenvalue weighted by atomic mass is 9.84. The summed E-state index contributed by atoms with van der Waals surface area (Å²) >= 11 is 0. The molecular weight excluding hydrogens is 266 g/mol. The molecule has 1 aromatic carbocycles. The highest BCUT2D eigenvalue weighted by Gasteiger charge is 2.47. The van der Waals surface area contributed by atoms with Crippen molar-refractivity contribution in [3.8, 4) is 6.07 Å². The Morgan fingerprint density at radius 1 is 1.19 bits per heavy atom. The van der Waals surface area contributed by atoms with E-state index in [0.29, 0.717) is 31.5 Å². The highest BCUT2D eigenvalue weighted by atomic mass is 16.2. The van der Waals surface area contributed by atoms with Crippen LogP contribution in [-0.4, -0.2) is 47.3 Å². The van der Waals surface area contributed by atoms with Crippen molar-refractivity contribution < 1.29 is 9.59 Å². The number of piperidine rings is 1. The molecule has 5 heteroatoms. The van der Waals surface area contributed by atoms with Gasteiger partial charge in [-0.1, -0.05) is 18.2 Å². The number of nitrogens with zero attached hydrogens (tertiary/aromatic N) is 3. The van der Waals surface area contributed by atoms with Crippen LogP contribution in [0.2, 0.25) is 0 Å². The van der Waals surface area contributed by atoms with Gasteiger partial charge in [-0.2, -0.15) is 5.26 Å². The van der Waals surface area contributed by atoms with Gasteiger partial charge in [0.1, 0.15) is 5.54 Å². The summed E-state index contributed by atoms with van der Waals surface area (Å²) in [5.41, 5.74) is 0.309. The second-order valence-electron chi connectivity index (χ2n) is 5.81. The molecule has 0 aliphatic carbocycles. The first-order valence-electron chi connectivity index (χ1n) is 7.12. The summed E-state index contributed by atoms with van der Waals surface area (Å²) in [5, 5.41) is 9.65. The summed E-state index contributed by atoms with van der Waals surface area (Å²) in [6.45, 7) is 1.43. The van der Waals surface area contributed by atoms with Crippen LogP contribution in [0.3, 0.4) is 0 Å². The van der Waals surface area contributed by atoms with Gasteiger partial charge in [0.2, 0.25) is 5.91 Å². The van der Waals surface area contributed by atoms with Crippen molar-refractivity contribution in [2.24, 2.45) is 0 Å². The third-order valence-corrected chi connectivity index (χ3v) is 4.49. The van der Waals surface area contributed by atoms with Crippen molar-refractivity contribution in [1.82, 2.24) is 9.80 Å². The second-order valence-corrected chi connectivity index (χ2v) is 5.81. The van der Waals surface area contributed by atoms with Gasteiger partial charge in [-0.3, -0.25) is 14.5 Å². The first kappa shape index (κ1) is 13.8. The van der Waals surface area contributed by atoms with Gasteiger partial charge in [-0.25, -0.2) is 0 Å². The van der Waals surface area contributed by atoms with Gasteiger partial charge in [0.25, 0.3) is 5.91 Å². The predicted octanol–water partition coefficient (Wildman–Crippen LogP) is 1.20. The van der Waals surface area contributed by atoms with Crippen molar-refractivity contribution in [2.45, 2.75) is 24.8 Å². The van der Waals surface area contributed by atoms with E-state index in [2.05, 4.69) is 11.0 Å². The van der Waals surface area contributed by atoms with Crippen LogP contribution in [0.1, 0.15) is 28.8 Å². The first-order chi connectivity index (χ1) is 10.1. The Kier molecular flexibility index (Phi) is 3.26. The zero-order valence-corrected chi connectivity index (χ0v) is 12.0. The Labute approximate surface area is 123 Å². The highest BCUT2D eigenvalue weighted by Crippen LogP contribution is 2.33. The zero-order chi connectivity index (χ0) is 15.0. The van der Waals surface area contributed by atoms with Crippen LogP contribution in [-0.2, 0) is 11.2 Å². The number of hydrogen-bond donors (Lipinski definition) is 0. The minimum Gasteiger partial charge on any atom is -0.306 e. The van der Waals surface area contributed by atoms with E-state index in [1.54, 1.807) is 18.2 Å². The number of hydrogen-bond acceptors (Lipinski definition) is 4. The molecule has 2 heterocycles. The van der Waals surface area contributed by atoms with E-state index in [9.17, 15) is 14.9 Å². The number of nitriles is 1. The molecule has 2 amide bonds. The largest absolute Gasteiger partial charge is 0.306 e. The zero-order valence-electron chi connectivity index (χ0n) is 12.0. The van der Waals surface area contributed by atoms with E-state index in [4.69, 9.17) is 0 Å². The topological polar surface area (TPSA) is 64.4 Å². The quantitative estimate of drug-likeness (QED) is 0.726. The Morgan fingerprint density at radius 3 is 2.52 bits per heavy atom. The van der Waals surface area contributed by atoms with Crippen molar-refractivity contribution in [3.05, 3.63) is 35.4 Å². The van der Waals surface area contributed by atoms with Gasteiger partial charge < -0.3 is 4.90 Å². The fourth-order valence-electron chi connectivity index (χ4n) is 3.17. The van der Waals surface area contributed by atoms with Crippen LogP contribution in [0, 0.1) is 11.3 Å². The monoisotopic (exact) mass is 283 g/mol. The molecule has 3 rings (SSSR count). The van der Waals surface area contributed by atoms with Crippen LogP contribution < -0.4 is 0 Å². The number of likely N-dealkylation sites (tertiary alicyclic amines) is 1. The molecule has 0 N–H and O–H groups in total. The molecular formula is C16H17N3O2. The molecule has 2 aliphatic rings. The number of imide groups is 1. The van der Waals surface area contributed by atoms with Crippen LogP contribution in [0.4, 0.5) is 0 Å². The number of benzene rings is 1. The number of rotatable bonds is 1. The molecule has 0 atom stereocenters. The number of fused-ring (bicyclic) bond motifs is 1. The Balaban J connectivity index is 2.01. The lowest BCUT2D eigenvalue weighted by molar-refractivity contribution is -0.133. The van der Waals surface area contributed by atoms with E-state index in [1.165, 1.54) is 4.90 Å². The van der Waals surface area contributed by atoms with Gasteiger partial charge in [0.05, 0.1) is 12.5 Å². The molecule has 0 unspecified atom stereocenters. The summed E-state index contributed by atoms with van der Waals surface area (Å²) < 4.78 is 0. The van der Waals surface area contributed by atoms with E-state index in [1.807, 2.05) is 13.1 Å². The molecule has 0 aromatic heterocycles. The number of carbonyl (C=O) groups excluding carboxylic acids is 2. The molecule has 108 valence electrons. The van der Waals surface area contributed by atoms with E-state index < -0.39 is 5.54 Å². The van der Waals surface area contributed by atoms with Crippen molar-refractivity contribution >= 4 is 11.8 Å². The predicted molar refractivity (Wildman–Crippen MR) is 76.4 cm³/mol. The molecule has 0 radical (unpaired) electrons. The Bertz CT molecular complexity index is 639. The summed E-state index contributed by atoms with van der Waals surface area (Å²) in [6, 6.07) is 9.41. The van der Waals surface area contributed by atoms with Crippen molar-refractivity contribution in [1.29, 1.82) is 5.26 Å². The number of amides is 2. The van der Waals surface area contributed by atoms with Crippen LogP contribution >= 0.6 is 0 Å². The van der Waals surface area contributed by atoms with Crippen molar-refractivity contribution in [3.63, 3.8) is 0 Å². The van der Waals surface area contributed by atoms with E-state index >= 15 is 0 Å². The second kappa shape index (κ2) is 4.97. The van der Waals surface area contributed by atoms with Crippen LogP contribution in [0.25, 0.3) is 0 Å². The lowest BCUT2D eigenvalue weighted by Gasteiger charge is -2.43. The molecule has 1 saturated heterocycles. The SMILES string of the molecule is CN1CCC(C#N)(N2C(=O)Cc3ccccc3C2=O)CC1. The number of carbonyl (C=O) groups is 2. The van der Waals surface area contributed by atoms with Gasteiger partial charge in [-0.15, -0.1) is 0 Å². The average Bonchev–Trinajstić information content (AvgIpc) is 2.49. The van der Waals surface area contributed by atoms with Crippen LogP contribution in [0.5, 0.6) is 0 Å². The normalized spacial score (nSPS) is 21.8. The molecule has 1 aromatic rings. The molecule has 5 nitrogen and oxygen atoms in total. The van der Waals surface area contributed by atoms with E-state index in [-0.39, 0.29) is 18.2 Å². The molecule has 0 bridgehead atoms. The molecule has 2 aliphatic heterocycles. The standard InChI is InChI=1S/C16H17N3O2/c1-18-8-6-16(11-17,7-9-18)19-14(20)10-12-4-2-3-5-13(12)15(19)21/h2-5H,6-10H2,1H3.